The van der Waals surface area contributed by atoms with Gasteiger partial charge in [-0.1, -0.05) is 36.8 Å². The van der Waals surface area contributed by atoms with E-state index in [-0.39, 0.29) is 0 Å². The Morgan fingerprint density at radius 3 is 2.95 bits per heavy atom. The molecule has 0 aromatic rings. The lowest BCUT2D eigenvalue weighted by atomic mass is 9.53. The topological polar surface area (TPSA) is 17.1 Å². The highest BCUT2D eigenvalue weighted by atomic mass is 16.1. The lowest BCUT2D eigenvalue weighted by Crippen LogP contribution is -2.42. The first-order valence-electron chi connectivity index (χ1n) is 8.69. The maximum atomic E-state index is 11.7. The molecule has 0 amide bonds. The van der Waals surface area contributed by atoms with E-state index in [0.717, 1.165) is 37.0 Å². The first-order valence-corrected chi connectivity index (χ1v) is 8.69. The third kappa shape index (κ3) is 1.86. The zero-order valence-electron chi connectivity index (χ0n) is 13.2. The van der Waals surface area contributed by atoms with E-state index in [1.807, 2.05) is 0 Å². The predicted molar refractivity (Wildman–Crippen MR) is 85.8 cm³/mol. The molecule has 4 aliphatic rings. The summed E-state index contributed by atoms with van der Waals surface area (Å²) in [6, 6.07) is 0. The van der Waals surface area contributed by atoms with Gasteiger partial charge in [0.05, 0.1) is 0 Å². The van der Waals surface area contributed by atoms with E-state index in [4.69, 9.17) is 0 Å². The molecule has 0 saturated heterocycles. The molecule has 21 heavy (non-hydrogen) atoms. The van der Waals surface area contributed by atoms with Crippen molar-refractivity contribution in [2.75, 3.05) is 0 Å². The molecular formula is C20H26O. The molecule has 0 spiro atoms. The van der Waals surface area contributed by atoms with Gasteiger partial charge in [0.1, 0.15) is 5.78 Å². The molecule has 4 rings (SSSR count). The molecule has 0 aliphatic heterocycles. The van der Waals surface area contributed by atoms with Crippen molar-refractivity contribution in [3.63, 3.8) is 0 Å². The van der Waals surface area contributed by atoms with Crippen LogP contribution in [0.4, 0.5) is 0 Å². The minimum atomic E-state index is 0.380. The van der Waals surface area contributed by atoms with Crippen LogP contribution in [0.2, 0.25) is 0 Å². The van der Waals surface area contributed by atoms with Crippen LogP contribution < -0.4 is 0 Å². The molecule has 0 unspecified atom stereocenters. The predicted octanol–water partition coefficient (Wildman–Crippen LogP) is 4.99. The smallest absolute Gasteiger partial charge is 0.137 e. The summed E-state index contributed by atoms with van der Waals surface area (Å²) in [5.41, 5.74) is 5.13. The van der Waals surface area contributed by atoms with E-state index < -0.39 is 0 Å². The Kier molecular flexibility index (Phi) is 3.03. The fraction of sp³-hybridized carbons (Fsp3) is 0.650. The highest BCUT2D eigenvalue weighted by Crippen LogP contribution is 2.61. The number of carbonyl (C=O) groups is 1. The first-order chi connectivity index (χ1) is 10.1. The van der Waals surface area contributed by atoms with Gasteiger partial charge in [0, 0.05) is 12.8 Å². The average Bonchev–Trinajstić information content (AvgIpc) is 2.83. The second-order valence-electron chi connectivity index (χ2n) is 7.82. The fourth-order valence-electron chi connectivity index (χ4n) is 5.97. The summed E-state index contributed by atoms with van der Waals surface area (Å²) in [5.74, 6) is 2.93. The highest BCUT2D eigenvalue weighted by Gasteiger charge is 2.51. The number of fused-ring (bicyclic) bond motifs is 4. The molecule has 4 atom stereocenters. The number of rotatable bonds is 1. The lowest BCUT2D eigenvalue weighted by Gasteiger charge is -2.51. The van der Waals surface area contributed by atoms with E-state index >= 15 is 0 Å². The molecular weight excluding hydrogens is 256 g/mol. The van der Waals surface area contributed by atoms with Crippen molar-refractivity contribution in [3.05, 3.63) is 35.5 Å². The van der Waals surface area contributed by atoms with Gasteiger partial charge in [-0.25, -0.2) is 0 Å². The van der Waals surface area contributed by atoms with Crippen molar-refractivity contribution in [2.24, 2.45) is 23.2 Å². The molecule has 1 nitrogen and oxygen atoms in total. The van der Waals surface area contributed by atoms with Gasteiger partial charge in [0.25, 0.3) is 0 Å². The Hall–Kier alpha value is -1.11. The van der Waals surface area contributed by atoms with Crippen LogP contribution in [-0.2, 0) is 4.79 Å². The third-order valence-corrected chi connectivity index (χ3v) is 7.06. The summed E-state index contributed by atoms with van der Waals surface area (Å²) in [7, 11) is 0. The molecule has 1 heteroatoms. The van der Waals surface area contributed by atoms with Crippen LogP contribution in [-0.4, -0.2) is 5.78 Å². The summed E-state index contributed by atoms with van der Waals surface area (Å²) >= 11 is 0. The minimum absolute atomic E-state index is 0.380. The molecule has 0 N–H and O–H groups in total. The summed E-state index contributed by atoms with van der Waals surface area (Å²) in [6.07, 6.45) is 13.6. The number of Topliss-reactive ketones (excluding diaryl/α,β-unsaturated/α-hetero) is 1. The normalized spacial score (nSPS) is 42.0. The summed E-state index contributed by atoms with van der Waals surface area (Å²) < 4.78 is 0. The molecule has 0 aromatic carbocycles. The van der Waals surface area contributed by atoms with Crippen LogP contribution in [0, 0.1) is 23.2 Å². The molecule has 0 heterocycles. The number of ketones is 1. The van der Waals surface area contributed by atoms with Crippen molar-refractivity contribution < 1.29 is 4.79 Å². The Balaban J connectivity index is 1.65. The Bertz CT molecular complexity index is 564. The molecule has 0 radical (unpaired) electrons. The average molecular weight is 282 g/mol. The Morgan fingerprint density at radius 2 is 2.14 bits per heavy atom. The van der Waals surface area contributed by atoms with Crippen molar-refractivity contribution in [1.29, 1.82) is 0 Å². The Labute approximate surface area is 128 Å². The number of allylic oxidation sites excluding steroid dienone is 5. The summed E-state index contributed by atoms with van der Waals surface area (Å²) in [4.78, 5) is 11.7. The van der Waals surface area contributed by atoms with Gasteiger partial charge in [-0.15, -0.1) is 0 Å². The van der Waals surface area contributed by atoms with E-state index in [9.17, 15) is 4.79 Å². The second-order valence-corrected chi connectivity index (χ2v) is 7.82. The zero-order valence-corrected chi connectivity index (χ0v) is 13.2. The van der Waals surface area contributed by atoms with E-state index in [1.54, 1.807) is 5.57 Å². The van der Waals surface area contributed by atoms with Gasteiger partial charge in [-0.05, 0) is 67.3 Å². The Morgan fingerprint density at radius 1 is 1.29 bits per heavy atom. The molecule has 112 valence electrons. The summed E-state index contributed by atoms with van der Waals surface area (Å²) in [5, 5.41) is 0. The highest BCUT2D eigenvalue weighted by molar-refractivity contribution is 5.82. The van der Waals surface area contributed by atoms with Crippen LogP contribution in [0.15, 0.2) is 35.5 Å². The quantitative estimate of drug-likeness (QED) is 0.619. The van der Waals surface area contributed by atoms with Gasteiger partial charge < -0.3 is 0 Å². The maximum Gasteiger partial charge on any atom is 0.137 e. The van der Waals surface area contributed by atoms with Crippen LogP contribution in [0.5, 0.6) is 0 Å². The largest absolute Gasteiger partial charge is 0.299 e. The number of carbonyl (C=O) groups excluding carboxylic acids is 1. The SMILES string of the molecule is C=CC1=CC[C@H]2[C@@H]3CCC4=C(CCC(=O)C4)[C@H]3CC[C@]12C. The molecule has 4 aliphatic carbocycles. The number of hydrogen-bond donors (Lipinski definition) is 0. The second kappa shape index (κ2) is 4.69. The number of hydrogen-bond acceptors (Lipinski definition) is 1. The molecule has 0 aromatic heterocycles. The van der Waals surface area contributed by atoms with Gasteiger partial charge >= 0.3 is 0 Å². The van der Waals surface area contributed by atoms with Crippen LogP contribution in [0.1, 0.15) is 58.3 Å². The van der Waals surface area contributed by atoms with E-state index in [2.05, 4.69) is 25.7 Å². The van der Waals surface area contributed by atoms with Crippen molar-refractivity contribution in [3.8, 4) is 0 Å². The van der Waals surface area contributed by atoms with Crippen LogP contribution in [0.3, 0.4) is 0 Å². The standard InChI is InChI=1S/C20H26O/c1-3-14-5-9-19-18-7-4-13-12-15(21)6-8-16(13)17(18)10-11-20(14,19)2/h3,5,17-19H,1,4,6-12H2,2H3/t17-,18-,19+,20-/m1/s1. The van der Waals surface area contributed by atoms with Gasteiger partial charge in [0.15, 0.2) is 0 Å². The molecule has 0 bridgehead atoms. The summed E-state index contributed by atoms with van der Waals surface area (Å²) in [6.45, 7) is 6.52. The zero-order chi connectivity index (χ0) is 14.6. The third-order valence-electron chi connectivity index (χ3n) is 7.06. The first kappa shape index (κ1) is 13.5. The van der Waals surface area contributed by atoms with Crippen molar-refractivity contribution >= 4 is 5.78 Å². The van der Waals surface area contributed by atoms with Gasteiger partial charge in [-0.2, -0.15) is 0 Å². The molecule has 1 saturated carbocycles. The maximum absolute atomic E-state index is 11.7. The fourth-order valence-corrected chi connectivity index (χ4v) is 5.97. The van der Waals surface area contributed by atoms with Crippen molar-refractivity contribution in [2.45, 2.75) is 58.3 Å². The molecule has 1 fully saturated rings. The lowest BCUT2D eigenvalue weighted by molar-refractivity contribution is -0.119. The van der Waals surface area contributed by atoms with Crippen LogP contribution >= 0.6 is 0 Å². The monoisotopic (exact) mass is 282 g/mol. The van der Waals surface area contributed by atoms with Crippen LogP contribution in [0.25, 0.3) is 0 Å². The van der Waals surface area contributed by atoms with E-state index in [0.29, 0.717) is 11.2 Å². The minimum Gasteiger partial charge on any atom is -0.299 e. The van der Waals surface area contributed by atoms with Gasteiger partial charge in [-0.3, -0.25) is 4.79 Å². The van der Waals surface area contributed by atoms with E-state index in [1.165, 1.54) is 43.3 Å². The van der Waals surface area contributed by atoms with Crippen molar-refractivity contribution in [1.82, 2.24) is 0 Å². The van der Waals surface area contributed by atoms with Gasteiger partial charge in [0.2, 0.25) is 0 Å².